The molecule has 0 aliphatic carbocycles. The Kier molecular flexibility index (Phi) is 3.84. The number of hydrogen-bond donors (Lipinski definition) is 1. The van der Waals surface area contributed by atoms with E-state index in [1.807, 2.05) is 23.7 Å². The number of rotatable bonds is 6. The van der Waals surface area contributed by atoms with E-state index >= 15 is 0 Å². The fraction of sp³-hybridized carbons (Fsp3) is 0.300. The zero-order valence-corrected chi connectivity index (χ0v) is 11.6. The zero-order valence-electron chi connectivity index (χ0n) is 9.93. The second kappa shape index (κ2) is 5.93. The third-order valence-corrected chi connectivity index (χ3v) is 4.38. The molecule has 1 N–H and O–H groups in total. The zero-order chi connectivity index (χ0) is 12.9. The lowest BCUT2D eigenvalue weighted by atomic mass is 10.4. The molecule has 0 aliphatic rings. The maximum Gasteiger partial charge on any atom is 0.200 e. The maximum atomic E-state index is 4.24. The van der Waals surface area contributed by atoms with Crippen molar-refractivity contribution in [3.63, 3.8) is 0 Å². The molecule has 0 unspecified atom stereocenters. The lowest BCUT2D eigenvalue weighted by Crippen LogP contribution is -2.06. The largest absolute Gasteiger partial charge is 0.369 e. The summed E-state index contributed by atoms with van der Waals surface area (Å²) < 4.78 is 2.53. The molecule has 3 aromatic rings. The number of aromatic nitrogens is 6. The summed E-state index contributed by atoms with van der Waals surface area (Å²) in [5.74, 6) is 1.81. The molecule has 0 atom stereocenters. The van der Waals surface area contributed by atoms with Gasteiger partial charge in [0.1, 0.15) is 10.2 Å². The Labute approximate surface area is 117 Å². The van der Waals surface area contributed by atoms with Gasteiger partial charge in [-0.15, -0.1) is 26.2 Å². The van der Waals surface area contributed by atoms with Crippen molar-refractivity contribution in [2.24, 2.45) is 0 Å². The number of thioether (sulfide) groups is 1. The lowest BCUT2D eigenvalue weighted by molar-refractivity contribution is 0.733. The highest BCUT2D eigenvalue weighted by Gasteiger charge is 2.00. The lowest BCUT2D eigenvalue weighted by Gasteiger charge is -2.04. The number of nitrogens with one attached hydrogen (secondary N) is 1. The van der Waals surface area contributed by atoms with Crippen LogP contribution in [0.4, 0.5) is 5.82 Å². The first-order chi connectivity index (χ1) is 9.42. The van der Waals surface area contributed by atoms with E-state index < -0.39 is 0 Å². The van der Waals surface area contributed by atoms with Crippen LogP contribution in [0.3, 0.4) is 0 Å². The topological polar surface area (TPSA) is 80.9 Å². The van der Waals surface area contributed by atoms with Crippen LogP contribution in [-0.4, -0.2) is 42.5 Å². The highest BCUT2D eigenvalue weighted by Crippen LogP contribution is 2.20. The minimum atomic E-state index is 0.643. The van der Waals surface area contributed by atoms with Gasteiger partial charge in [-0.25, -0.2) is 4.98 Å². The van der Waals surface area contributed by atoms with Gasteiger partial charge in [-0.05, 0) is 29.0 Å². The quantitative estimate of drug-likeness (QED) is 0.545. The molecule has 0 fully saturated rings. The average molecular weight is 293 g/mol. The summed E-state index contributed by atoms with van der Waals surface area (Å²) >= 11 is 3.45. The van der Waals surface area contributed by atoms with Gasteiger partial charge in [0.2, 0.25) is 0 Å². The Balaban J connectivity index is 1.44. The van der Waals surface area contributed by atoms with Gasteiger partial charge in [0.05, 0.1) is 0 Å². The summed E-state index contributed by atoms with van der Waals surface area (Å²) in [6.07, 6.45) is 2.87. The molecule has 0 aromatic carbocycles. The van der Waals surface area contributed by atoms with E-state index in [-0.39, 0.29) is 0 Å². The van der Waals surface area contributed by atoms with Crippen LogP contribution >= 0.6 is 23.1 Å². The van der Waals surface area contributed by atoms with Crippen molar-refractivity contribution >= 4 is 34.6 Å². The molecule has 9 heteroatoms. The van der Waals surface area contributed by atoms with E-state index in [0.717, 1.165) is 28.9 Å². The number of hydrogen-bond acceptors (Lipinski definition) is 8. The van der Waals surface area contributed by atoms with E-state index in [9.17, 15) is 0 Å². The van der Waals surface area contributed by atoms with Gasteiger partial charge < -0.3 is 5.32 Å². The van der Waals surface area contributed by atoms with Crippen molar-refractivity contribution in [1.82, 2.24) is 30.2 Å². The van der Waals surface area contributed by atoms with Crippen molar-refractivity contribution in [1.29, 1.82) is 0 Å². The smallest absolute Gasteiger partial charge is 0.200 e. The van der Waals surface area contributed by atoms with Gasteiger partial charge >= 0.3 is 0 Å². The molecule has 0 saturated carbocycles. The highest BCUT2D eigenvalue weighted by molar-refractivity contribution is 8.00. The van der Waals surface area contributed by atoms with E-state index in [1.54, 1.807) is 23.1 Å². The van der Waals surface area contributed by atoms with Gasteiger partial charge in [-0.3, -0.25) is 0 Å². The third kappa shape index (κ3) is 3.18. The standard InChI is InChI=1S/C10H11N7S2/c1(6-18-10-12-5-7-19-10)4-11-8-2-3-9-13-15-16-17(9)14-8/h2-3,5,7H,1,4,6H2,(H,11,14). The average Bonchev–Trinajstić information content (AvgIpc) is 3.08. The Hall–Kier alpha value is -1.74. The molecule has 3 rings (SSSR count). The molecule has 0 saturated heterocycles. The first-order valence-corrected chi connectivity index (χ1v) is 7.60. The molecular weight excluding hydrogens is 282 g/mol. The number of fused-ring (bicyclic) bond motifs is 1. The molecule has 0 spiro atoms. The van der Waals surface area contributed by atoms with Crippen molar-refractivity contribution in [2.45, 2.75) is 10.8 Å². The van der Waals surface area contributed by atoms with Gasteiger partial charge in [-0.2, -0.15) is 0 Å². The minimum absolute atomic E-state index is 0.643. The molecule has 0 radical (unpaired) electrons. The van der Waals surface area contributed by atoms with Crippen LogP contribution in [0, 0.1) is 0 Å². The molecule has 3 aromatic heterocycles. The first kappa shape index (κ1) is 12.3. The fourth-order valence-corrected chi connectivity index (χ4v) is 3.12. The molecular formula is C10H11N7S2. The third-order valence-electron chi connectivity index (χ3n) is 2.33. The van der Waals surface area contributed by atoms with Gasteiger partial charge in [-0.1, -0.05) is 11.8 Å². The Morgan fingerprint density at radius 2 is 2.37 bits per heavy atom. The van der Waals surface area contributed by atoms with Crippen LogP contribution in [0.15, 0.2) is 28.0 Å². The maximum absolute atomic E-state index is 4.24. The fourth-order valence-electron chi connectivity index (χ4n) is 1.47. The van der Waals surface area contributed by atoms with Crippen LogP contribution in [0.5, 0.6) is 0 Å². The van der Waals surface area contributed by atoms with Crippen molar-refractivity contribution < 1.29 is 0 Å². The van der Waals surface area contributed by atoms with Gasteiger partial charge in [0, 0.05) is 23.9 Å². The normalized spacial score (nSPS) is 10.9. The summed E-state index contributed by atoms with van der Waals surface area (Å²) in [4.78, 5) is 4.22. The number of anilines is 1. The summed E-state index contributed by atoms with van der Waals surface area (Å²) in [5.41, 5.74) is 0.643. The molecule has 7 nitrogen and oxygen atoms in total. The summed E-state index contributed by atoms with van der Waals surface area (Å²) in [6.45, 7) is 0.860. The summed E-state index contributed by atoms with van der Waals surface area (Å²) in [5, 5.41) is 20.6. The van der Waals surface area contributed by atoms with Crippen LogP contribution < -0.4 is 5.32 Å². The minimum Gasteiger partial charge on any atom is -0.369 e. The monoisotopic (exact) mass is 293 g/mol. The summed E-state index contributed by atoms with van der Waals surface area (Å²) in [6, 6.07) is 3.71. The first-order valence-electron chi connectivity index (χ1n) is 5.73. The molecule has 0 amide bonds. The number of nitrogens with zero attached hydrogens (tertiary/aromatic N) is 6. The Morgan fingerprint density at radius 3 is 3.26 bits per heavy atom. The summed E-state index contributed by atoms with van der Waals surface area (Å²) in [7, 11) is 0. The Morgan fingerprint density at radius 1 is 1.37 bits per heavy atom. The highest BCUT2D eigenvalue weighted by atomic mass is 32.2. The van der Waals surface area contributed by atoms with E-state index in [2.05, 4.69) is 30.9 Å². The number of thiazole rings is 1. The van der Waals surface area contributed by atoms with E-state index in [0.29, 0.717) is 5.65 Å². The molecule has 0 bridgehead atoms. The van der Waals surface area contributed by atoms with Crippen LogP contribution in [0.2, 0.25) is 0 Å². The van der Waals surface area contributed by atoms with Gasteiger partial charge in [0.15, 0.2) is 5.65 Å². The molecule has 0 aliphatic heterocycles. The van der Waals surface area contributed by atoms with Crippen molar-refractivity contribution in [3.05, 3.63) is 23.7 Å². The molecule has 3 heterocycles. The number of tetrazole rings is 1. The van der Waals surface area contributed by atoms with Crippen molar-refractivity contribution in [3.8, 4) is 0 Å². The molecule has 98 valence electrons. The Bertz CT molecular complexity index is 636. The van der Waals surface area contributed by atoms with Crippen LogP contribution in [0.25, 0.3) is 5.65 Å². The van der Waals surface area contributed by atoms with Crippen LogP contribution in [0.1, 0.15) is 6.42 Å². The second-order valence-electron chi connectivity index (χ2n) is 3.67. The van der Waals surface area contributed by atoms with E-state index in [1.165, 1.54) is 4.63 Å². The molecule has 19 heavy (non-hydrogen) atoms. The van der Waals surface area contributed by atoms with Gasteiger partial charge in [0.25, 0.3) is 0 Å². The predicted molar refractivity (Wildman–Crippen MR) is 74.5 cm³/mol. The van der Waals surface area contributed by atoms with E-state index in [4.69, 9.17) is 0 Å². The van der Waals surface area contributed by atoms with Crippen LogP contribution in [-0.2, 0) is 0 Å². The SMILES string of the molecule is c1csc(SCCCNc2ccc3nnnn3n2)n1. The second-order valence-corrected chi connectivity index (χ2v) is 5.91. The van der Waals surface area contributed by atoms with Crippen molar-refractivity contribution in [2.75, 3.05) is 17.6 Å². The predicted octanol–water partition coefficient (Wildman–Crippen LogP) is 1.57.